The maximum atomic E-state index is 11.0. The molecule has 90 valence electrons. The predicted molar refractivity (Wildman–Crippen MR) is 56.9 cm³/mol. The van der Waals surface area contributed by atoms with Crippen molar-refractivity contribution in [3.63, 3.8) is 0 Å². The molecule has 0 aliphatic rings. The first-order chi connectivity index (χ1) is 7.37. The molecule has 0 saturated heterocycles. The Kier molecular flexibility index (Phi) is 3.64. The molecule has 0 aliphatic heterocycles. The maximum Gasteiger partial charge on any atom is 0.323 e. The number of rotatable bonds is 5. The Hall–Kier alpha value is -1.43. The average molecular weight is 227 g/mol. The van der Waals surface area contributed by atoms with E-state index in [1.165, 1.54) is 0 Å². The summed E-state index contributed by atoms with van der Waals surface area (Å²) in [4.78, 5) is 16.8. The van der Waals surface area contributed by atoms with Crippen LogP contribution < -0.4 is 0 Å². The monoisotopic (exact) mass is 227 g/mol. The molecule has 1 aromatic rings. The Morgan fingerprint density at radius 1 is 1.56 bits per heavy atom. The average Bonchev–Trinajstić information content (AvgIpc) is 2.65. The lowest BCUT2D eigenvalue weighted by atomic mass is 10.0. The van der Waals surface area contributed by atoms with E-state index in [2.05, 4.69) is 10.1 Å². The van der Waals surface area contributed by atoms with Gasteiger partial charge in [0.05, 0.1) is 6.54 Å². The summed E-state index contributed by atoms with van der Waals surface area (Å²) in [7, 11) is 1.71. The second-order valence-electron chi connectivity index (χ2n) is 4.18. The summed E-state index contributed by atoms with van der Waals surface area (Å²) >= 11 is 0. The van der Waals surface area contributed by atoms with Crippen LogP contribution in [0.4, 0.5) is 0 Å². The minimum atomic E-state index is -0.957. The molecule has 0 fully saturated rings. The van der Waals surface area contributed by atoms with E-state index < -0.39 is 11.5 Å². The van der Waals surface area contributed by atoms with Gasteiger partial charge < -0.3 is 9.63 Å². The number of nitrogens with zero attached hydrogens (tertiary/aromatic N) is 3. The van der Waals surface area contributed by atoms with Crippen molar-refractivity contribution in [2.75, 3.05) is 7.05 Å². The fraction of sp³-hybridized carbons (Fsp3) is 0.700. The van der Waals surface area contributed by atoms with Crippen molar-refractivity contribution in [1.29, 1.82) is 0 Å². The Labute approximate surface area is 94.3 Å². The van der Waals surface area contributed by atoms with Crippen LogP contribution in [0.25, 0.3) is 0 Å². The number of carboxylic acid groups (broad SMARTS) is 1. The van der Waals surface area contributed by atoms with E-state index >= 15 is 0 Å². The molecule has 0 aliphatic carbocycles. The Morgan fingerprint density at radius 2 is 2.19 bits per heavy atom. The molecular weight excluding hydrogens is 210 g/mol. The van der Waals surface area contributed by atoms with Crippen LogP contribution in [0.15, 0.2) is 4.52 Å². The number of aliphatic carboxylic acids is 1. The van der Waals surface area contributed by atoms with Gasteiger partial charge in [0.15, 0.2) is 5.82 Å². The molecule has 16 heavy (non-hydrogen) atoms. The number of aromatic nitrogens is 2. The number of aryl methyl sites for hydroxylation is 1. The first-order valence-electron chi connectivity index (χ1n) is 5.14. The van der Waals surface area contributed by atoms with Gasteiger partial charge in [-0.15, -0.1) is 0 Å². The summed E-state index contributed by atoms with van der Waals surface area (Å²) < 4.78 is 5.01. The summed E-state index contributed by atoms with van der Waals surface area (Å²) in [5.74, 6) is 0.190. The maximum absolute atomic E-state index is 11.0. The largest absolute Gasteiger partial charge is 0.480 e. The highest BCUT2D eigenvalue weighted by Gasteiger charge is 2.32. The molecule has 0 amide bonds. The van der Waals surface area contributed by atoms with Crippen LogP contribution in [0.5, 0.6) is 0 Å². The third-order valence-electron chi connectivity index (χ3n) is 2.68. The molecule has 6 heteroatoms. The van der Waals surface area contributed by atoms with Gasteiger partial charge in [0.1, 0.15) is 5.54 Å². The summed E-state index contributed by atoms with van der Waals surface area (Å²) in [6.45, 7) is 5.52. The second-order valence-corrected chi connectivity index (χ2v) is 4.18. The minimum Gasteiger partial charge on any atom is -0.480 e. The van der Waals surface area contributed by atoms with Gasteiger partial charge in [-0.25, -0.2) is 0 Å². The summed E-state index contributed by atoms with van der Waals surface area (Å²) in [6, 6.07) is 0. The molecule has 1 heterocycles. The normalized spacial score (nSPS) is 12.1. The van der Waals surface area contributed by atoms with Gasteiger partial charge in [0.2, 0.25) is 5.89 Å². The molecular formula is C10H17N3O3. The fourth-order valence-corrected chi connectivity index (χ4v) is 1.06. The van der Waals surface area contributed by atoms with E-state index in [9.17, 15) is 4.79 Å². The van der Waals surface area contributed by atoms with Crippen LogP contribution in [0.2, 0.25) is 0 Å². The first kappa shape index (κ1) is 12.6. The highest BCUT2D eigenvalue weighted by molar-refractivity contribution is 5.77. The lowest BCUT2D eigenvalue weighted by Gasteiger charge is -2.29. The molecule has 0 unspecified atom stereocenters. The Morgan fingerprint density at radius 3 is 2.62 bits per heavy atom. The Balaban J connectivity index is 2.70. The Bertz CT molecular complexity index is 373. The van der Waals surface area contributed by atoms with Crippen LogP contribution in [0.1, 0.15) is 32.5 Å². The molecule has 0 atom stereocenters. The molecule has 0 saturated carbocycles. The SMILES string of the molecule is CCc1noc(CN(C)C(C)(C)C(=O)O)n1. The zero-order chi connectivity index (χ0) is 12.3. The lowest BCUT2D eigenvalue weighted by Crippen LogP contribution is -2.47. The number of carboxylic acids is 1. The van der Waals surface area contributed by atoms with Gasteiger partial charge in [0, 0.05) is 6.42 Å². The second kappa shape index (κ2) is 4.61. The van der Waals surface area contributed by atoms with Crippen molar-refractivity contribution in [2.45, 2.75) is 39.3 Å². The zero-order valence-corrected chi connectivity index (χ0v) is 10.0. The van der Waals surface area contributed by atoms with Crippen molar-refractivity contribution in [1.82, 2.24) is 15.0 Å². The molecule has 0 spiro atoms. The van der Waals surface area contributed by atoms with Crippen molar-refractivity contribution < 1.29 is 14.4 Å². The number of likely N-dealkylation sites (N-methyl/N-ethyl adjacent to an activating group) is 1. The zero-order valence-electron chi connectivity index (χ0n) is 10.0. The van der Waals surface area contributed by atoms with Crippen molar-refractivity contribution in [2.24, 2.45) is 0 Å². The van der Waals surface area contributed by atoms with Crippen molar-refractivity contribution in [3.8, 4) is 0 Å². The number of carbonyl (C=O) groups is 1. The van der Waals surface area contributed by atoms with Gasteiger partial charge in [-0.2, -0.15) is 4.98 Å². The van der Waals surface area contributed by atoms with E-state index in [1.54, 1.807) is 25.8 Å². The predicted octanol–water partition coefficient (Wildman–Crippen LogP) is 0.927. The lowest BCUT2D eigenvalue weighted by molar-refractivity contribution is -0.149. The molecule has 1 aromatic heterocycles. The summed E-state index contributed by atoms with van der Waals surface area (Å²) in [5.41, 5.74) is -0.957. The van der Waals surface area contributed by atoms with Crippen LogP contribution in [0.3, 0.4) is 0 Å². The number of hydrogen-bond donors (Lipinski definition) is 1. The first-order valence-corrected chi connectivity index (χ1v) is 5.14. The number of hydrogen-bond acceptors (Lipinski definition) is 5. The summed E-state index contributed by atoms with van der Waals surface area (Å²) in [5, 5.41) is 12.8. The highest BCUT2D eigenvalue weighted by Crippen LogP contribution is 2.15. The molecule has 0 bridgehead atoms. The van der Waals surface area contributed by atoms with Crippen LogP contribution in [-0.4, -0.2) is 38.7 Å². The van der Waals surface area contributed by atoms with E-state index in [-0.39, 0.29) is 0 Å². The van der Waals surface area contributed by atoms with Crippen LogP contribution >= 0.6 is 0 Å². The molecule has 1 N–H and O–H groups in total. The minimum absolute atomic E-state index is 0.326. The summed E-state index contributed by atoms with van der Waals surface area (Å²) in [6.07, 6.45) is 0.704. The van der Waals surface area contributed by atoms with Gasteiger partial charge in [-0.1, -0.05) is 12.1 Å². The molecule has 0 aromatic carbocycles. The topological polar surface area (TPSA) is 79.5 Å². The third-order valence-corrected chi connectivity index (χ3v) is 2.68. The van der Waals surface area contributed by atoms with Crippen LogP contribution in [0, 0.1) is 0 Å². The van der Waals surface area contributed by atoms with Gasteiger partial charge in [-0.05, 0) is 20.9 Å². The van der Waals surface area contributed by atoms with E-state index in [4.69, 9.17) is 9.63 Å². The van der Waals surface area contributed by atoms with Crippen molar-refractivity contribution >= 4 is 5.97 Å². The molecule has 0 radical (unpaired) electrons. The third kappa shape index (κ3) is 2.57. The van der Waals surface area contributed by atoms with Gasteiger partial charge >= 0.3 is 5.97 Å². The fourth-order valence-electron chi connectivity index (χ4n) is 1.06. The smallest absolute Gasteiger partial charge is 0.323 e. The van der Waals surface area contributed by atoms with Gasteiger partial charge in [0.25, 0.3) is 0 Å². The quantitative estimate of drug-likeness (QED) is 0.806. The van der Waals surface area contributed by atoms with Gasteiger partial charge in [-0.3, -0.25) is 9.69 Å². The molecule has 1 rings (SSSR count). The van der Waals surface area contributed by atoms with E-state index in [0.29, 0.717) is 24.7 Å². The van der Waals surface area contributed by atoms with E-state index in [1.807, 2.05) is 6.92 Å². The highest BCUT2D eigenvalue weighted by atomic mass is 16.5. The standard InChI is InChI=1S/C10H17N3O3/c1-5-7-11-8(16-12-7)6-13(4)10(2,3)9(14)15/h5-6H2,1-4H3,(H,14,15). The molecule has 6 nitrogen and oxygen atoms in total. The van der Waals surface area contributed by atoms with Crippen LogP contribution in [-0.2, 0) is 17.8 Å². The van der Waals surface area contributed by atoms with Crippen molar-refractivity contribution in [3.05, 3.63) is 11.7 Å². The van der Waals surface area contributed by atoms with E-state index in [0.717, 1.165) is 0 Å².